The van der Waals surface area contributed by atoms with Gasteiger partial charge in [0.05, 0.1) is 6.04 Å². The molecule has 1 fully saturated rings. The van der Waals surface area contributed by atoms with Crippen molar-refractivity contribution in [3.8, 4) is 0 Å². The number of carbonyl (C=O) groups excluding carboxylic acids is 1. The molecule has 124 valence electrons. The number of amides is 2. The molecule has 0 radical (unpaired) electrons. The minimum Gasteiger partial charge on any atom is -0.335 e. The summed E-state index contributed by atoms with van der Waals surface area (Å²) in [6.07, 6.45) is 4.15. The molecule has 2 atom stereocenters. The molecule has 6 nitrogen and oxygen atoms in total. The van der Waals surface area contributed by atoms with E-state index in [1.165, 1.54) is 5.75 Å². The SMILES string of the molecule is CC(C)[C@H](NC(=O)N[C@H]1CCCSC1)c1nnc2ccccn12. The molecule has 1 saturated heterocycles. The number of pyridine rings is 1. The van der Waals surface area contributed by atoms with Crippen molar-refractivity contribution in [3.05, 3.63) is 30.2 Å². The number of aromatic nitrogens is 3. The van der Waals surface area contributed by atoms with Gasteiger partial charge in [0.1, 0.15) is 0 Å². The topological polar surface area (TPSA) is 71.3 Å². The lowest BCUT2D eigenvalue weighted by atomic mass is 10.0. The van der Waals surface area contributed by atoms with Gasteiger partial charge >= 0.3 is 6.03 Å². The average molecular weight is 333 g/mol. The lowest BCUT2D eigenvalue weighted by Gasteiger charge is -2.25. The van der Waals surface area contributed by atoms with Crippen molar-refractivity contribution >= 4 is 23.4 Å². The first-order valence-corrected chi connectivity index (χ1v) is 9.25. The standard InChI is InChI=1S/C16H23N5OS/c1-11(2)14(15-20-19-13-7-3-4-8-21(13)15)18-16(22)17-12-6-5-9-23-10-12/h3-4,7-8,11-12,14H,5-6,9-10H2,1-2H3,(H2,17,18,22)/t12-,14-/m0/s1. The highest BCUT2D eigenvalue weighted by atomic mass is 32.2. The first-order valence-electron chi connectivity index (χ1n) is 8.09. The number of carbonyl (C=O) groups is 1. The quantitative estimate of drug-likeness (QED) is 0.902. The third-order valence-corrected chi connectivity index (χ3v) is 5.28. The minimum atomic E-state index is -0.177. The molecule has 0 bridgehead atoms. The molecule has 1 aliphatic rings. The monoisotopic (exact) mass is 333 g/mol. The van der Waals surface area contributed by atoms with Gasteiger partial charge in [-0.25, -0.2) is 4.79 Å². The van der Waals surface area contributed by atoms with Gasteiger partial charge in [0.15, 0.2) is 11.5 Å². The van der Waals surface area contributed by atoms with Gasteiger partial charge in [-0.05, 0) is 36.6 Å². The van der Waals surface area contributed by atoms with E-state index in [1.54, 1.807) is 0 Å². The summed E-state index contributed by atoms with van der Waals surface area (Å²) in [6, 6.07) is 5.74. The molecule has 3 heterocycles. The molecule has 3 rings (SSSR count). The van der Waals surface area contributed by atoms with Crippen molar-refractivity contribution in [2.24, 2.45) is 5.92 Å². The molecular weight excluding hydrogens is 310 g/mol. The molecule has 2 amide bonds. The van der Waals surface area contributed by atoms with Crippen LogP contribution in [0.2, 0.25) is 0 Å². The minimum absolute atomic E-state index is 0.121. The van der Waals surface area contributed by atoms with Crippen LogP contribution in [-0.4, -0.2) is 38.2 Å². The zero-order valence-corrected chi connectivity index (χ0v) is 14.3. The summed E-state index contributed by atoms with van der Waals surface area (Å²) in [5.74, 6) is 3.17. The third-order valence-electron chi connectivity index (χ3n) is 4.07. The summed E-state index contributed by atoms with van der Waals surface area (Å²) in [4.78, 5) is 12.4. The van der Waals surface area contributed by atoms with Crippen molar-refractivity contribution in [2.45, 2.75) is 38.8 Å². The van der Waals surface area contributed by atoms with Gasteiger partial charge in [0.25, 0.3) is 0 Å². The summed E-state index contributed by atoms with van der Waals surface area (Å²) in [6.45, 7) is 4.15. The van der Waals surface area contributed by atoms with E-state index in [9.17, 15) is 4.79 Å². The maximum atomic E-state index is 12.4. The Hall–Kier alpha value is -1.76. The summed E-state index contributed by atoms with van der Waals surface area (Å²) in [5.41, 5.74) is 0.791. The highest BCUT2D eigenvalue weighted by Crippen LogP contribution is 2.21. The number of hydrogen-bond acceptors (Lipinski definition) is 4. The van der Waals surface area contributed by atoms with E-state index in [4.69, 9.17) is 0 Å². The van der Waals surface area contributed by atoms with Gasteiger partial charge in [-0.15, -0.1) is 10.2 Å². The van der Waals surface area contributed by atoms with Crippen molar-refractivity contribution in [1.29, 1.82) is 0 Å². The first-order chi connectivity index (χ1) is 11.1. The van der Waals surface area contributed by atoms with Crippen molar-refractivity contribution in [2.75, 3.05) is 11.5 Å². The second-order valence-corrected chi connectivity index (χ2v) is 7.39. The molecule has 0 spiro atoms. The van der Waals surface area contributed by atoms with Crippen LogP contribution in [0.1, 0.15) is 38.6 Å². The molecule has 2 N–H and O–H groups in total. The van der Waals surface area contributed by atoms with Crippen LogP contribution in [0.4, 0.5) is 4.79 Å². The maximum absolute atomic E-state index is 12.4. The van der Waals surface area contributed by atoms with Crippen molar-refractivity contribution in [3.63, 3.8) is 0 Å². The van der Waals surface area contributed by atoms with Gasteiger partial charge in [-0.1, -0.05) is 19.9 Å². The maximum Gasteiger partial charge on any atom is 0.315 e. The smallest absolute Gasteiger partial charge is 0.315 e. The van der Waals surface area contributed by atoms with Gasteiger partial charge in [-0.2, -0.15) is 11.8 Å². The number of thioether (sulfide) groups is 1. The Morgan fingerprint density at radius 3 is 3.00 bits per heavy atom. The van der Waals surface area contributed by atoms with Crippen LogP contribution >= 0.6 is 11.8 Å². The fourth-order valence-electron chi connectivity index (χ4n) is 2.82. The van der Waals surface area contributed by atoms with Crippen molar-refractivity contribution in [1.82, 2.24) is 25.2 Å². The van der Waals surface area contributed by atoms with Crippen LogP contribution in [-0.2, 0) is 0 Å². The molecule has 0 unspecified atom stereocenters. The molecule has 7 heteroatoms. The third kappa shape index (κ3) is 3.77. The van der Waals surface area contributed by atoms with Crippen LogP contribution in [0.15, 0.2) is 24.4 Å². The predicted molar refractivity (Wildman–Crippen MR) is 92.6 cm³/mol. The Bertz CT molecular complexity index is 665. The molecule has 0 aromatic carbocycles. The van der Waals surface area contributed by atoms with E-state index in [0.717, 1.165) is 30.1 Å². The fourth-order valence-corrected chi connectivity index (χ4v) is 3.90. The number of rotatable bonds is 4. The zero-order chi connectivity index (χ0) is 16.2. The number of hydrogen-bond donors (Lipinski definition) is 2. The molecule has 1 aliphatic heterocycles. The summed E-state index contributed by atoms with van der Waals surface area (Å²) in [5, 5.41) is 14.6. The van der Waals surface area contributed by atoms with Crippen molar-refractivity contribution < 1.29 is 4.79 Å². The highest BCUT2D eigenvalue weighted by Gasteiger charge is 2.25. The number of fused-ring (bicyclic) bond motifs is 1. The van der Waals surface area contributed by atoms with Crippen LogP contribution < -0.4 is 10.6 Å². The van der Waals surface area contributed by atoms with Crippen LogP contribution in [0.5, 0.6) is 0 Å². The van der Waals surface area contributed by atoms with E-state index >= 15 is 0 Å². The van der Waals surface area contributed by atoms with Gasteiger partial charge < -0.3 is 10.6 Å². The molecule has 2 aromatic heterocycles. The average Bonchev–Trinajstić information content (AvgIpc) is 2.97. The Labute approximate surface area is 140 Å². The van der Waals surface area contributed by atoms with Gasteiger partial charge in [-0.3, -0.25) is 4.40 Å². The second kappa shape index (κ2) is 7.21. The molecule has 0 saturated carbocycles. The Kier molecular flexibility index (Phi) is 5.05. The van der Waals surface area contributed by atoms with E-state index < -0.39 is 0 Å². The lowest BCUT2D eigenvalue weighted by Crippen LogP contribution is -2.46. The molecule has 2 aromatic rings. The second-order valence-electron chi connectivity index (χ2n) is 6.24. The van der Waals surface area contributed by atoms with E-state index in [2.05, 4.69) is 34.7 Å². The van der Waals surface area contributed by atoms with Crippen LogP contribution in [0, 0.1) is 5.92 Å². The summed E-state index contributed by atoms with van der Waals surface area (Å²) < 4.78 is 1.93. The van der Waals surface area contributed by atoms with E-state index in [0.29, 0.717) is 0 Å². The molecule has 0 aliphatic carbocycles. The highest BCUT2D eigenvalue weighted by molar-refractivity contribution is 7.99. The Morgan fingerprint density at radius 1 is 1.39 bits per heavy atom. The molecular formula is C16H23N5OS. The van der Waals surface area contributed by atoms with E-state index in [1.807, 2.05) is 40.6 Å². The summed E-state index contributed by atoms with van der Waals surface area (Å²) >= 11 is 1.90. The number of nitrogens with one attached hydrogen (secondary N) is 2. The van der Waals surface area contributed by atoms with Crippen LogP contribution in [0.25, 0.3) is 5.65 Å². The number of urea groups is 1. The largest absolute Gasteiger partial charge is 0.335 e. The van der Waals surface area contributed by atoms with Gasteiger partial charge in [0.2, 0.25) is 0 Å². The lowest BCUT2D eigenvalue weighted by molar-refractivity contribution is 0.228. The number of nitrogens with zero attached hydrogens (tertiary/aromatic N) is 3. The summed E-state index contributed by atoms with van der Waals surface area (Å²) in [7, 11) is 0. The first kappa shape index (κ1) is 16.1. The van der Waals surface area contributed by atoms with E-state index in [-0.39, 0.29) is 24.0 Å². The normalized spacial score (nSPS) is 19.7. The molecule has 23 heavy (non-hydrogen) atoms. The fraction of sp³-hybridized carbons (Fsp3) is 0.562. The Morgan fingerprint density at radius 2 is 2.26 bits per heavy atom. The van der Waals surface area contributed by atoms with Crippen LogP contribution in [0.3, 0.4) is 0 Å². The Balaban J connectivity index is 1.72. The zero-order valence-electron chi connectivity index (χ0n) is 13.5. The van der Waals surface area contributed by atoms with Gasteiger partial charge in [0, 0.05) is 18.0 Å². The predicted octanol–water partition coefficient (Wildman–Crippen LogP) is 2.62.